The van der Waals surface area contributed by atoms with Crippen LogP contribution in [0.2, 0.25) is 0 Å². The summed E-state index contributed by atoms with van der Waals surface area (Å²) in [6.07, 6.45) is 1.71. The van der Waals surface area contributed by atoms with E-state index in [1.807, 2.05) is 47.4 Å². The topological polar surface area (TPSA) is 91.2 Å². The molecule has 1 aliphatic heterocycles. The van der Waals surface area contributed by atoms with Gasteiger partial charge in [0.25, 0.3) is 0 Å². The van der Waals surface area contributed by atoms with Crippen LogP contribution < -0.4 is 11.1 Å². The van der Waals surface area contributed by atoms with E-state index < -0.39 is 0 Å². The van der Waals surface area contributed by atoms with E-state index in [0.717, 1.165) is 47.2 Å². The number of hydrogen-bond acceptors (Lipinski definition) is 3. The van der Waals surface area contributed by atoms with Gasteiger partial charge in [-0.25, -0.2) is 0 Å². The third-order valence-electron chi connectivity index (χ3n) is 5.23. The molecule has 0 aliphatic carbocycles. The fourth-order valence-corrected chi connectivity index (χ4v) is 3.87. The number of carbonyl (C=O) groups excluding carboxylic acids is 2. The maximum Gasteiger partial charge on any atom is 0.231 e. The first-order chi connectivity index (χ1) is 13.6. The van der Waals surface area contributed by atoms with Crippen molar-refractivity contribution in [2.45, 2.75) is 12.8 Å². The van der Waals surface area contributed by atoms with Gasteiger partial charge in [-0.15, -0.1) is 0 Å². The number of primary amides is 1. The van der Waals surface area contributed by atoms with Crippen molar-refractivity contribution in [3.63, 3.8) is 0 Å². The third kappa shape index (κ3) is 4.07. The van der Waals surface area contributed by atoms with E-state index in [-0.39, 0.29) is 24.3 Å². The Kier molecular flexibility index (Phi) is 5.12. The Balaban J connectivity index is 1.47. The van der Waals surface area contributed by atoms with E-state index in [0.29, 0.717) is 6.54 Å². The number of aromatic nitrogens is 1. The first-order valence-corrected chi connectivity index (χ1v) is 9.58. The van der Waals surface area contributed by atoms with Crippen LogP contribution in [0.4, 0.5) is 5.69 Å². The summed E-state index contributed by atoms with van der Waals surface area (Å²) in [6, 6.07) is 18.1. The summed E-state index contributed by atoms with van der Waals surface area (Å²) in [5.74, 6) is -0.500. The minimum atomic E-state index is -0.355. The molecule has 4 N–H and O–H groups in total. The lowest BCUT2D eigenvalue weighted by Gasteiger charge is -2.31. The Bertz CT molecular complexity index is 977. The average molecular weight is 376 g/mol. The zero-order valence-corrected chi connectivity index (χ0v) is 15.7. The fourth-order valence-electron chi connectivity index (χ4n) is 3.87. The van der Waals surface area contributed by atoms with Gasteiger partial charge in [-0.2, -0.15) is 0 Å². The van der Waals surface area contributed by atoms with Crippen LogP contribution in [0, 0.1) is 5.92 Å². The van der Waals surface area contributed by atoms with Crippen molar-refractivity contribution >= 4 is 28.4 Å². The molecule has 0 radical (unpaired) electrons. The number of carbonyl (C=O) groups is 2. The highest BCUT2D eigenvalue weighted by Gasteiger charge is 2.26. The molecule has 1 aliphatic rings. The fraction of sp³-hybridized carbons (Fsp3) is 0.273. The molecule has 4 rings (SSSR count). The van der Waals surface area contributed by atoms with Gasteiger partial charge in [0.15, 0.2) is 0 Å². The normalized spacial score (nSPS) is 17.5. The van der Waals surface area contributed by atoms with Gasteiger partial charge in [-0.3, -0.25) is 14.5 Å². The number of para-hydroxylation sites is 1. The number of aromatic amines is 1. The molecular formula is C22H24N4O2. The lowest BCUT2D eigenvalue weighted by atomic mass is 9.97. The molecule has 6 heteroatoms. The monoisotopic (exact) mass is 376 g/mol. The van der Waals surface area contributed by atoms with Crippen molar-refractivity contribution in [2.24, 2.45) is 11.7 Å². The summed E-state index contributed by atoms with van der Waals surface area (Å²) < 4.78 is 0. The van der Waals surface area contributed by atoms with Crippen LogP contribution in [-0.4, -0.2) is 41.3 Å². The molecule has 6 nitrogen and oxygen atoms in total. The van der Waals surface area contributed by atoms with Gasteiger partial charge in [0.2, 0.25) is 11.8 Å². The minimum absolute atomic E-state index is 0.0111. The van der Waals surface area contributed by atoms with E-state index >= 15 is 0 Å². The molecule has 0 spiro atoms. The molecule has 1 atom stereocenters. The molecule has 1 aromatic heterocycles. The van der Waals surface area contributed by atoms with Crippen molar-refractivity contribution < 1.29 is 9.59 Å². The van der Waals surface area contributed by atoms with Crippen LogP contribution in [0.5, 0.6) is 0 Å². The summed E-state index contributed by atoms with van der Waals surface area (Å²) in [5.41, 5.74) is 9.18. The molecule has 144 valence electrons. The van der Waals surface area contributed by atoms with Gasteiger partial charge < -0.3 is 16.0 Å². The van der Waals surface area contributed by atoms with Crippen LogP contribution in [0.3, 0.4) is 0 Å². The number of nitrogens with zero attached hydrogens (tertiary/aromatic N) is 1. The number of hydrogen-bond donors (Lipinski definition) is 3. The largest absolute Gasteiger partial charge is 0.369 e. The number of likely N-dealkylation sites (tertiary alicyclic amines) is 1. The van der Waals surface area contributed by atoms with Gasteiger partial charge >= 0.3 is 0 Å². The molecule has 1 saturated heterocycles. The van der Waals surface area contributed by atoms with E-state index in [4.69, 9.17) is 5.73 Å². The van der Waals surface area contributed by atoms with Crippen LogP contribution in [0.15, 0.2) is 54.6 Å². The molecule has 2 heterocycles. The quantitative estimate of drug-likeness (QED) is 0.639. The van der Waals surface area contributed by atoms with E-state index in [9.17, 15) is 9.59 Å². The highest BCUT2D eigenvalue weighted by Crippen LogP contribution is 2.26. The lowest BCUT2D eigenvalue weighted by molar-refractivity contribution is -0.124. The second-order valence-electron chi connectivity index (χ2n) is 7.38. The molecule has 2 amide bonds. The molecule has 28 heavy (non-hydrogen) atoms. The Hall–Kier alpha value is -3.12. The average Bonchev–Trinajstić information content (AvgIpc) is 3.12. The summed E-state index contributed by atoms with van der Waals surface area (Å²) in [6.45, 7) is 1.58. The minimum Gasteiger partial charge on any atom is -0.369 e. The smallest absolute Gasteiger partial charge is 0.231 e. The number of H-pyrrole nitrogens is 1. The second kappa shape index (κ2) is 7.86. The predicted molar refractivity (Wildman–Crippen MR) is 111 cm³/mol. The maximum atomic E-state index is 12.7. The van der Waals surface area contributed by atoms with Crippen molar-refractivity contribution in [1.29, 1.82) is 0 Å². The highest BCUT2D eigenvalue weighted by molar-refractivity contribution is 5.94. The Labute approximate surface area is 163 Å². The van der Waals surface area contributed by atoms with Gasteiger partial charge in [0.05, 0.1) is 12.5 Å². The van der Waals surface area contributed by atoms with Gasteiger partial charge in [0.1, 0.15) is 0 Å². The Morgan fingerprint density at radius 2 is 2.00 bits per heavy atom. The van der Waals surface area contributed by atoms with Crippen molar-refractivity contribution in [3.8, 4) is 11.3 Å². The van der Waals surface area contributed by atoms with Crippen molar-refractivity contribution in [3.05, 3.63) is 54.6 Å². The van der Waals surface area contributed by atoms with Gasteiger partial charge in [0, 0.05) is 34.4 Å². The Morgan fingerprint density at radius 3 is 2.82 bits per heavy atom. The number of amides is 2. The van der Waals surface area contributed by atoms with Gasteiger partial charge in [-0.05, 0) is 43.7 Å². The zero-order valence-electron chi connectivity index (χ0n) is 15.7. The molecule has 2 aromatic carbocycles. The SMILES string of the molecule is NC(=O)CN1CCCC(C(=O)Nc2cccc(-c3cc4ccccc4[nH]3)c2)C1. The predicted octanol–water partition coefficient (Wildman–Crippen LogP) is 2.97. The zero-order chi connectivity index (χ0) is 19.5. The van der Waals surface area contributed by atoms with Crippen LogP contribution in [0.1, 0.15) is 12.8 Å². The summed E-state index contributed by atoms with van der Waals surface area (Å²) in [7, 11) is 0. The summed E-state index contributed by atoms with van der Waals surface area (Å²) in [4.78, 5) is 29.2. The van der Waals surface area contributed by atoms with E-state index in [1.165, 1.54) is 0 Å². The summed E-state index contributed by atoms with van der Waals surface area (Å²) >= 11 is 0. The van der Waals surface area contributed by atoms with Crippen LogP contribution in [-0.2, 0) is 9.59 Å². The molecular weight excluding hydrogens is 352 g/mol. The van der Waals surface area contributed by atoms with Crippen molar-refractivity contribution in [1.82, 2.24) is 9.88 Å². The first-order valence-electron chi connectivity index (χ1n) is 9.58. The number of benzene rings is 2. The van der Waals surface area contributed by atoms with E-state index in [1.54, 1.807) is 0 Å². The molecule has 0 bridgehead atoms. The number of nitrogens with two attached hydrogens (primary N) is 1. The Morgan fingerprint density at radius 1 is 1.14 bits per heavy atom. The summed E-state index contributed by atoms with van der Waals surface area (Å²) in [5, 5.41) is 4.19. The molecule has 3 aromatic rings. The third-order valence-corrected chi connectivity index (χ3v) is 5.23. The first kappa shape index (κ1) is 18.3. The van der Waals surface area contributed by atoms with Crippen LogP contribution in [0.25, 0.3) is 22.2 Å². The molecule has 0 saturated carbocycles. The van der Waals surface area contributed by atoms with E-state index in [2.05, 4.69) is 22.4 Å². The number of anilines is 1. The van der Waals surface area contributed by atoms with Crippen LogP contribution >= 0.6 is 0 Å². The number of nitrogens with one attached hydrogen (secondary N) is 2. The number of fused-ring (bicyclic) bond motifs is 1. The molecule has 1 unspecified atom stereocenters. The maximum absolute atomic E-state index is 12.7. The number of piperidine rings is 1. The van der Waals surface area contributed by atoms with Gasteiger partial charge in [-0.1, -0.05) is 30.3 Å². The highest BCUT2D eigenvalue weighted by atomic mass is 16.2. The number of rotatable bonds is 5. The lowest BCUT2D eigenvalue weighted by Crippen LogP contribution is -2.44. The second-order valence-corrected chi connectivity index (χ2v) is 7.38. The standard InChI is InChI=1S/C22H24N4O2/c23-21(27)14-26-10-4-7-17(13-26)22(28)24-18-8-3-6-15(11-18)20-12-16-5-1-2-9-19(16)25-20/h1-3,5-6,8-9,11-12,17,25H,4,7,10,13-14H2,(H2,23,27)(H,24,28). The van der Waals surface area contributed by atoms with Crippen molar-refractivity contribution in [2.75, 3.05) is 25.0 Å². The molecule has 1 fully saturated rings.